The minimum absolute atomic E-state index is 0.256. The van der Waals surface area contributed by atoms with Gasteiger partial charge in [0.1, 0.15) is 12.1 Å². The molecule has 0 saturated heterocycles. The van der Waals surface area contributed by atoms with Gasteiger partial charge in [0.25, 0.3) is 11.8 Å². The highest BCUT2D eigenvalue weighted by atomic mass is 16.2. The lowest BCUT2D eigenvalue weighted by atomic mass is 9.94. The second-order valence-corrected chi connectivity index (χ2v) is 8.23. The van der Waals surface area contributed by atoms with E-state index in [1.54, 1.807) is 38.1 Å². The van der Waals surface area contributed by atoms with Crippen LogP contribution in [0.1, 0.15) is 59.0 Å². The van der Waals surface area contributed by atoms with Crippen molar-refractivity contribution in [3.8, 4) is 0 Å². The van der Waals surface area contributed by atoms with E-state index in [1.807, 2.05) is 39.0 Å². The van der Waals surface area contributed by atoms with Gasteiger partial charge in [-0.3, -0.25) is 24.1 Å². The number of anilines is 1. The van der Waals surface area contributed by atoms with Crippen LogP contribution in [-0.4, -0.2) is 52.1 Å². The minimum atomic E-state index is -1.15. The summed E-state index contributed by atoms with van der Waals surface area (Å²) >= 11 is 0. The summed E-state index contributed by atoms with van der Waals surface area (Å²) in [4.78, 5) is 54.4. The summed E-state index contributed by atoms with van der Waals surface area (Å²) in [6.45, 7) is 9.00. The van der Waals surface area contributed by atoms with Gasteiger partial charge in [-0.2, -0.15) is 0 Å². The van der Waals surface area contributed by atoms with Gasteiger partial charge in [-0.25, -0.2) is 0 Å². The number of nitrogens with zero attached hydrogens (tertiary/aromatic N) is 2. The van der Waals surface area contributed by atoms with Gasteiger partial charge in [0.15, 0.2) is 0 Å². The van der Waals surface area contributed by atoms with Crippen molar-refractivity contribution in [2.45, 2.75) is 46.6 Å². The molecule has 0 fully saturated rings. The van der Waals surface area contributed by atoms with Gasteiger partial charge >= 0.3 is 0 Å². The molecule has 0 bridgehead atoms. The van der Waals surface area contributed by atoms with Crippen LogP contribution in [0.4, 0.5) is 5.69 Å². The molecule has 1 aliphatic heterocycles. The number of amides is 4. The quantitative estimate of drug-likeness (QED) is 0.674. The molecule has 0 radical (unpaired) electrons. The SMILES string of the molecule is CCN(C(=O)CN1C(=O)c2ccccc2C1=O)C(C)(CC)C(=O)Nc1c(C)cccc1C. The molecule has 2 aromatic carbocycles. The standard InChI is InChI=1S/C25H29N3O4/c1-6-25(5,24(32)26-21-16(3)11-10-12-17(21)4)28(7-2)20(29)15-27-22(30)18-13-8-9-14-19(18)23(27)31/h8-14H,6-7,15H2,1-5H3,(H,26,32). The highest BCUT2D eigenvalue weighted by Crippen LogP contribution is 2.27. The van der Waals surface area contributed by atoms with Crippen LogP contribution in [0, 0.1) is 13.8 Å². The Hall–Kier alpha value is -3.48. The second-order valence-electron chi connectivity index (χ2n) is 8.23. The maximum atomic E-state index is 13.4. The Morgan fingerprint density at radius 2 is 1.47 bits per heavy atom. The highest BCUT2D eigenvalue weighted by molar-refractivity contribution is 6.22. The predicted molar refractivity (Wildman–Crippen MR) is 122 cm³/mol. The third-order valence-corrected chi connectivity index (χ3v) is 6.28. The van der Waals surface area contributed by atoms with E-state index in [0.29, 0.717) is 17.5 Å². The lowest BCUT2D eigenvalue weighted by molar-refractivity contribution is -0.144. The summed E-state index contributed by atoms with van der Waals surface area (Å²) in [5.41, 5.74) is 2.01. The van der Waals surface area contributed by atoms with Gasteiger partial charge in [0.2, 0.25) is 11.8 Å². The van der Waals surface area contributed by atoms with Gasteiger partial charge in [0.05, 0.1) is 11.1 Å². The van der Waals surface area contributed by atoms with Crippen LogP contribution in [0.3, 0.4) is 0 Å². The molecule has 32 heavy (non-hydrogen) atoms. The van der Waals surface area contributed by atoms with E-state index in [-0.39, 0.29) is 12.5 Å². The maximum Gasteiger partial charge on any atom is 0.262 e. The molecule has 4 amide bonds. The Balaban J connectivity index is 1.83. The van der Waals surface area contributed by atoms with Gasteiger partial charge in [-0.15, -0.1) is 0 Å². The predicted octanol–water partition coefficient (Wildman–Crippen LogP) is 3.56. The van der Waals surface area contributed by atoms with Crippen molar-refractivity contribution in [2.75, 3.05) is 18.4 Å². The average Bonchev–Trinajstić information content (AvgIpc) is 3.01. The van der Waals surface area contributed by atoms with E-state index in [0.717, 1.165) is 21.7 Å². The van der Waals surface area contributed by atoms with Crippen LogP contribution >= 0.6 is 0 Å². The minimum Gasteiger partial charge on any atom is -0.327 e. The largest absolute Gasteiger partial charge is 0.327 e. The molecule has 0 spiro atoms. The van der Waals surface area contributed by atoms with E-state index in [4.69, 9.17) is 0 Å². The molecular weight excluding hydrogens is 406 g/mol. The van der Waals surface area contributed by atoms with Crippen LogP contribution in [-0.2, 0) is 9.59 Å². The van der Waals surface area contributed by atoms with E-state index in [9.17, 15) is 19.2 Å². The number of carbonyl (C=O) groups excluding carboxylic acids is 4. The van der Waals surface area contributed by atoms with Crippen molar-refractivity contribution in [1.29, 1.82) is 0 Å². The molecule has 7 nitrogen and oxygen atoms in total. The van der Waals surface area contributed by atoms with Crippen molar-refractivity contribution in [3.05, 3.63) is 64.7 Å². The Morgan fingerprint density at radius 3 is 1.94 bits per heavy atom. The number of likely N-dealkylation sites (N-methyl/N-ethyl adjacent to an activating group) is 1. The van der Waals surface area contributed by atoms with Crippen LogP contribution in [0.5, 0.6) is 0 Å². The lowest BCUT2D eigenvalue weighted by Gasteiger charge is -2.39. The molecule has 1 atom stereocenters. The molecule has 1 heterocycles. The van der Waals surface area contributed by atoms with Crippen LogP contribution in [0.2, 0.25) is 0 Å². The molecule has 1 aliphatic rings. The molecule has 0 aliphatic carbocycles. The molecule has 0 saturated carbocycles. The lowest BCUT2D eigenvalue weighted by Crippen LogP contribution is -2.59. The van der Waals surface area contributed by atoms with Crippen molar-refractivity contribution in [2.24, 2.45) is 0 Å². The maximum absolute atomic E-state index is 13.4. The normalized spacial score (nSPS) is 14.7. The first-order valence-corrected chi connectivity index (χ1v) is 10.8. The zero-order valence-corrected chi connectivity index (χ0v) is 19.2. The first-order chi connectivity index (χ1) is 15.2. The number of hydrogen-bond donors (Lipinski definition) is 1. The number of carbonyl (C=O) groups is 4. The zero-order valence-electron chi connectivity index (χ0n) is 19.2. The summed E-state index contributed by atoms with van der Waals surface area (Å²) in [5.74, 6) is -1.75. The summed E-state index contributed by atoms with van der Waals surface area (Å²) in [7, 11) is 0. The molecule has 3 rings (SSSR count). The number of nitrogens with one attached hydrogen (secondary N) is 1. The summed E-state index contributed by atoms with van der Waals surface area (Å²) in [6.07, 6.45) is 0.367. The van der Waals surface area contributed by atoms with Crippen molar-refractivity contribution in [3.63, 3.8) is 0 Å². The van der Waals surface area contributed by atoms with Gasteiger partial charge in [-0.05, 0) is 57.4 Å². The number of para-hydroxylation sites is 1. The number of hydrogen-bond acceptors (Lipinski definition) is 4. The Morgan fingerprint density at radius 1 is 0.938 bits per heavy atom. The average molecular weight is 436 g/mol. The van der Waals surface area contributed by atoms with Gasteiger partial charge in [0, 0.05) is 12.2 Å². The first-order valence-electron chi connectivity index (χ1n) is 10.8. The van der Waals surface area contributed by atoms with Gasteiger partial charge in [-0.1, -0.05) is 37.3 Å². The van der Waals surface area contributed by atoms with Crippen molar-refractivity contribution < 1.29 is 19.2 Å². The Kier molecular flexibility index (Phi) is 6.48. The van der Waals surface area contributed by atoms with Crippen molar-refractivity contribution in [1.82, 2.24) is 9.80 Å². The molecular formula is C25H29N3O4. The second kappa shape index (κ2) is 8.94. The monoisotopic (exact) mass is 435 g/mol. The van der Waals surface area contributed by atoms with Crippen LogP contribution in [0.15, 0.2) is 42.5 Å². The van der Waals surface area contributed by atoms with Crippen LogP contribution < -0.4 is 5.32 Å². The van der Waals surface area contributed by atoms with E-state index in [2.05, 4.69) is 5.32 Å². The summed E-state index contributed by atoms with van der Waals surface area (Å²) < 4.78 is 0. The summed E-state index contributed by atoms with van der Waals surface area (Å²) in [6, 6.07) is 12.3. The molecule has 0 aromatic heterocycles. The fraction of sp³-hybridized carbons (Fsp3) is 0.360. The van der Waals surface area contributed by atoms with E-state index >= 15 is 0 Å². The number of imide groups is 1. The highest BCUT2D eigenvalue weighted by Gasteiger charge is 2.43. The molecule has 1 unspecified atom stereocenters. The third kappa shape index (κ3) is 3.90. The van der Waals surface area contributed by atoms with E-state index in [1.165, 1.54) is 4.90 Å². The summed E-state index contributed by atoms with van der Waals surface area (Å²) in [5, 5.41) is 2.98. The van der Waals surface area contributed by atoms with E-state index < -0.39 is 29.8 Å². The zero-order chi connectivity index (χ0) is 23.6. The van der Waals surface area contributed by atoms with Crippen molar-refractivity contribution >= 4 is 29.3 Å². The fourth-order valence-electron chi connectivity index (χ4n) is 4.14. The Labute approximate surface area is 188 Å². The third-order valence-electron chi connectivity index (χ3n) is 6.28. The number of rotatable bonds is 7. The Bertz CT molecular complexity index is 1040. The number of benzene rings is 2. The topological polar surface area (TPSA) is 86.8 Å². The molecule has 1 N–H and O–H groups in total. The smallest absolute Gasteiger partial charge is 0.262 e. The molecule has 168 valence electrons. The number of fused-ring (bicyclic) bond motifs is 1. The van der Waals surface area contributed by atoms with Gasteiger partial charge < -0.3 is 10.2 Å². The first kappa shape index (κ1) is 23.2. The number of aryl methyl sites for hydroxylation is 2. The molecule has 7 heteroatoms. The van der Waals surface area contributed by atoms with Crippen LogP contribution in [0.25, 0.3) is 0 Å². The molecule has 2 aromatic rings. The fourth-order valence-corrected chi connectivity index (χ4v) is 4.14.